The maximum Gasteiger partial charge on any atom is 0.0331 e. The lowest BCUT2D eigenvalue weighted by Crippen LogP contribution is -2.13. The molecule has 0 radical (unpaired) electrons. The van der Waals surface area contributed by atoms with Crippen LogP contribution in [0.4, 0.5) is 0 Å². The topological polar surface area (TPSA) is 12.0 Å². The van der Waals surface area contributed by atoms with Gasteiger partial charge in [-0.05, 0) is 37.1 Å². The molecule has 0 bridgehead atoms. The van der Waals surface area contributed by atoms with E-state index >= 15 is 0 Å². The van der Waals surface area contributed by atoms with Crippen LogP contribution in [0.5, 0.6) is 0 Å². The second-order valence-corrected chi connectivity index (χ2v) is 5.08. The third-order valence-corrected chi connectivity index (χ3v) is 3.58. The zero-order valence-corrected chi connectivity index (χ0v) is 10.4. The normalized spacial score (nSPS) is 22.2. The first-order valence-electron chi connectivity index (χ1n) is 4.46. The minimum absolute atomic E-state index is 0.544. The number of hydrogen-bond donors (Lipinski definition) is 1. The van der Waals surface area contributed by atoms with Crippen molar-refractivity contribution in [2.75, 3.05) is 6.54 Å². The molecule has 1 aromatic rings. The van der Waals surface area contributed by atoms with E-state index in [-0.39, 0.29) is 0 Å². The maximum atomic E-state index is 3.59. The van der Waals surface area contributed by atoms with E-state index in [1.54, 1.807) is 0 Å². The molecule has 0 aromatic heterocycles. The highest BCUT2D eigenvalue weighted by molar-refractivity contribution is 9.11. The number of hydrogen-bond acceptors (Lipinski definition) is 1. The molecule has 1 aliphatic rings. The van der Waals surface area contributed by atoms with Crippen LogP contribution in [0.3, 0.4) is 0 Å². The number of rotatable bonds is 1. The smallest absolute Gasteiger partial charge is 0.0331 e. The molecule has 1 aliphatic heterocycles. The van der Waals surface area contributed by atoms with E-state index < -0.39 is 0 Å². The fourth-order valence-corrected chi connectivity index (χ4v) is 3.06. The predicted molar refractivity (Wildman–Crippen MR) is 61.8 cm³/mol. The molecule has 0 amide bonds. The lowest BCUT2D eigenvalue weighted by atomic mass is 10.1. The zero-order chi connectivity index (χ0) is 9.26. The molecule has 1 nitrogen and oxygen atoms in total. The third kappa shape index (κ3) is 2.14. The second-order valence-electron chi connectivity index (χ2n) is 3.31. The van der Waals surface area contributed by atoms with Crippen LogP contribution in [0.25, 0.3) is 0 Å². The van der Waals surface area contributed by atoms with E-state index in [0.717, 1.165) is 11.0 Å². The molecule has 0 saturated carbocycles. The Kier molecular flexibility index (Phi) is 3.06. The summed E-state index contributed by atoms with van der Waals surface area (Å²) in [7, 11) is 0. The lowest BCUT2D eigenvalue weighted by molar-refractivity contribution is 0.645. The van der Waals surface area contributed by atoms with Crippen molar-refractivity contribution in [1.29, 1.82) is 0 Å². The maximum absolute atomic E-state index is 3.59. The van der Waals surface area contributed by atoms with E-state index in [4.69, 9.17) is 0 Å². The van der Waals surface area contributed by atoms with Crippen molar-refractivity contribution in [2.24, 2.45) is 0 Å². The SMILES string of the molecule is Brc1ccc(C2CCCN2)c(Br)c1. The van der Waals surface area contributed by atoms with Gasteiger partial charge in [-0.3, -0.25) is 0 Å². The molecule has 3 heteroatoms. The molecule has 13 heavy (non-hydrogen) atoms. The molecule has 0 spiro atoms. The Morgan fingerprint density at radius 1 is 1.31 bits per heavy atom. The van der Waals surface area contributed by atoms with Gasteiger partial charge in [-0.25, -0.2) is 0 Å². The Hall–Kier alpha value is 0.140. The molecule has 2 rings (SSSR count). The van der Waals surface area contributed by atoms with Gasteiger partial charge in [0.2, 0.25) is 0 Å². The predicted octanol–water partition coefficient (Wildman–Crippen LogP) is 3.64. The first-order chi connectivity index (χ1) is 6.27. The van der Waals surface area contributed by atoms with Crippen molar-refractivity contribution in [3.63, 3.8) is 0 Å². The minimum atomic E-state index is 0.544. The summed E-state index contributed by atoms with van der Waals surface area (Å²) in [6, 6.07) is 6.93. The zero-order valence-electron chi connectivity index (χ0n) is 7.19. The summed E-state index contributed by atoms with van der Waals surface area (Å²) in [5.74, 6) is 0. The highest BCUT2D eigenvalue weighted by Crippen LogP contribution is 2.31. The Labute approximate surface area is 95.2 Å². The summed E-state index contributed by atoms with van der Waals surface area (Å²) in [5.41, 5.74) is 1.38. The molecular formula is C10H11Br2N. The Morgan fingerprint density at radius 2 is 2.15 bits per heavy atom. The second kappa shape index (κ2) is 4.11. The van der Waals surface area contributed by atoms with E-state index in [2.05, 4.69) is 55.4 Å². The molecule has 1 fully saturated rings. The van der Waals surface area contributed by atoms with E-state index in [9.17, 15) is 0 Å². The third-order valence-electron chi connectivity index (χ3n) is 2.40. The van der Waals surface area contributed by atoms with Crippen molar-refractivity contribution in [1.82, 2.24) is 5.32 Å². The highest BCUT2D eigenvalue weighted by atomic mass is 79.9. The van der Waals surface area contributed by atoms with E-state index in [1.165, 1.54) is 22.9 Å². The molecule has 1 N–H and O–H groups in total. The minimum Gasteiger partial charge on any atom is -0.310 e. The van der Waals surface area contributed by atoms with Crippen LogP contribution in [-0.2, 0) is 0 Å². The molecule has 1 atom stereocenters. The molecule has 0 aliphatic carbocycles. The summed E-state index contributed by atoms with van der Waals surface area (Å²) in [6.07, 6.45) is 2.54. The van der Waals surface area contributed by atoms with Crippen LogP contribution in [0, 0.1) is 0 Å². The number of halogens is 2. The fourth-order valence-electron chi connectivity index (χ4n) is 1.73. The summed E-state index contributed by atoms with van der Waals surface area (Å²) in [4.78, 5) is 0. The largest absolute Gasteiger partial charge is 0.310 e. The number of benzene rings is 1. The van der Waals surface area contributed by atoms with Gasteiger partial charge in [-0.1, -0.05) is 37.9 Å². The molecule has 1 unspecified atom stereocenters. The van der Waals surface area contributed by atoms with Crippen molar-refractivity contribution >= 4 is 31.9 Å². The molecule has 70 valence electrons. The first kappa shape index (κ1) is 9.69. The van der Waals surface area contributed by atoms with Gasteiger partial charge in [0.15, 0.2) is 0 Å². The summed E-state index contributed by atoms with van der Waals surface area (Å²) < 4.78 is 2.32. The van der Waals surface area contributed by atoms with E-state index in [1.807, 2.05) is 0 Å². The van der Waals surface area contributed by atoms with Gasteiger partial charge in [0.25, 0.3) is 0 Å². The average Bonchev–Trinajstić information content (AvgIpc) is 2.56. The van der Waals surface area contributed by atoms with Crippen LogP contribution in [-0.4, -0.2) is 6.54 Å². The van der Waals surface area contributed by atoms with Gasteiger partial charge >= 0.3 is 0 Å². The van der Waals surface area contributed by atoms with Gasteiger partial charge in [0.05, 0.1) is 0 Å². The van der Waals surface area contributed by atoms with Crippen LogP contribution in [0.1, 0.15) is 24.4 Å². The Morgan fingerprint density at radius 3 is 2.77 bits per heavy atom. The van der Waals surface area contributed by atoms with Crippen molar-refractivity contribution in [3.8, 4) is 0 Å². The van der Waals surface area contributed by atoms with Crippen molar-refractivity contribution in [3.05, 3.63) is 32.7 Å². The van der Waals surface area contributed by atoms with Gasteiger partial charge in [0.1, 0.15) is 0 Å². The van der Waals surface area contributed by atoms with Crippen molar-refractivity contribution in [2.45, 2.75) is 18.9 Å². The highest BCUT2D eigenvalue weighted by Gasteiger charge is 2.17. The quantitative estimate of drug-likeness (QED) is 0.835. The lowest BCUT2D eigenvalue weighted by Gasteiger charge is -2.12. The van der Waals surface area contributed by atoms with Crippen LogP contribution in [0.2, 0.25) is 0 Å². The Balaban J connectivity index is 2.29. The summed E-state index contributed by atoms with van der Waals surface area (Å²) >= 11 is 7.04. The molecule has 1 aromatic carbocycles. The van der Waals surface area contributed by atoms with E-state index in [0.29, 0.717) is 6.04 Å². The number of nitrogens with one attached hydrogen (secondary N) is 1. The molecule has 1 heterocycles. The van der Waals surface area contributed by atoms with Gasteiger partial charge in [-0.2, -0.15) is 0 Å². The van der Waals surface area contributed by atoms with Crippen LogP contribution >= 0.6 is 31.9 Å². The van der Waals surface area contributed by atoms with Gasteiger partial charge in [0, 0.05) is 15.0 Å². The van der Waals surface area contributed by atoms with Crippen LogP contribution < -0.4 is 5.32 Å². The standard InChI is InChI=1S/C10H11Br2N/c11-7-3-4-8(9(12)6-7)10-2-1-5-13-10/h3-4,6,10,13H,1-2,5H2. The van der Waals surface area contributed by atoms with Crippen LogP contribution in [0.15, 0.2) is 27.1 Å². The average molecular weight is 305 g/mol. The first-order valence-corrected chi connectivity index (χ1v) is 6.04. The summed E-state index contributed by atoms with van der Waals surface area (Å²) in [6.45, 7) is 1.15. The van der Waals surface area contributed by atoms with Gasteiger partial charge < -0.3 is 5.32 Å². The fraction of sp³-hybridized carbons (Fsp3) is 0.400. The molecular weight excluding hydrogens is 294 g/mol. The van der Waals surface area contributed by atoms with Gasteiger partial charge in [-0.15, -0.1) is 0 Å². The summed E-state index contributed by atoms with van der Waals surface area (Å²) in [5, 5.41) is 3.49. The monoisotopic (exact) mass is 303 g/mol. The van der Waals surface area contributed by atoms with Crippen molar-refractivity contribution < 1.29 is 0 Å². The Bertz CT molecular complexity index is 306. The molecule has 1 saturated heterocycles.